The first-order valence-electron chi connectivity index (χ1n) is 3.89. The van der Waals surface area contributed by atoms with E-state index in [-0.39, 0.29) is 12.5 Å². The number of amides is 1. The van der Waals surface area contributed by atoms with Crippen LogP contribution in [0, 0.1) is 0 Å². The Balaban J connectivity index is 2.17. The Kier molecular flexibility index (Phi) is 1.85. The Hall–Kier alpha value is -1.63. The molecule has 1 aliphatic rings. The van der Waals surface area contributed by atoms with E-state index >= 15 is 0 Å². The molecule has 1 amide bonds. The molecule has 0 radical (unpaired) electrons. The molecule has 1 aromatic heterocycles. The van der Waals surface area contributed by atoms with E-state index in [9.17, 15) is 4.79 Å². The van der Waals surface area contributed by atoms with Gasteiger partial charge >= 0.3 is 0 Å². The molecule has 1 unspecified atom stereocenters. The first-order chi connectivity index (χ1) is 6.31. The molecule has 0 saturated heterocycles. The van der Waals surface area contributed by atoms with Crippen LogP contribution in [-0.2, 0) is 4.79 Å². The minimum Gasteiger partial charge on any atom is -0.396 e. The topological polar surface area (TPSA) is 92.1 Å². The summed E-state index contributed by atoms with van der Waals surface area (Å²) >= 11 is 0. The average Bonchev–Trinajstić information content (AvgIpc) is 2.52. The number of hydrogen-bond acceptors (Lipinski definition) is 5. The Morgan fingerprint density at radius 1 is 1.69 bits per heavy atom. The standard InChI is InChI=1S/C6H9N5O2/c12-2-1-4-5(13)10-11-3-7-9-6(11)8-4/h3-4,12H,1-2H2,(H,8,9)(H,10,13). The van der Waals surface area contributed by atoms with Crippen LogP contribution in [0.25, 0.3) is 0 Å². The van der Waals surface area contributed by atoms with Gasteiger partial charge in [-0.1, -0.05) is 0 Å². The molecule has 7 nitrogen and oxygen atoms in total. The van der Waals surface area contributed by atoms with Crippen molar-refractivity contribution in [2.45, 2.75) is 12.5 Å². The van der Waals surface area contributed by atoms with Gasteiger partial charge in [0.05, 0.1) is 0 Å². The van der Waals surface area contributed by atoms with Crippen molar-refractivity contribution < 1.29 is 9.90 Å². The number of aromatic nitrogens is 3. The highest BCUT2D eigenvalue weighted by atomic mass is 16.3. The third-order valence-corrected chi connectivity index (χ3v) is 1.82. The first kappa shape index (κ1) is 7.99. The second kappa shape index (κ2) is 3.02. The Bertz CT molecular complexity index is 323. The van der Waals surface area contributed by atoms with E-state index in [2.05, 4.69) is 20.9 Å². The van der Waals surface area contributed by atoms with Gasteiger partial charge in [0, 0.05) is 6.61 Å². The second-order valence-electron chi connectivity index (χ2n) is 2.71. The summed E-state index contributed by atoms with van der Waals surface area (Å²) in [7, 11) is 0. The van der Waals surface area contributed by atoms with Crippen LogP contribution in [0.4, 0.5) is 5.95 Å². The zero-order valence-electron chi connectivity index (χ0n) is 6.77. The third-order valence-electron chi connectivity index (χ3n) is 1.82. The van der Waals surface area contributed by atoms with Crippen molar-refractivity contribution in [3.63, 3.8) is 0 Å². The van der Waals surface area contributed by atoms with E-state index in [0.717, 1.165) is 0 Å². The fourth-order valence-corrected chi connectivity index (χ4v) is 1.17. The summed E-state index contributed by atoms with van der Waals surface area (Å²) in [4.78, 5) is 11.3. The molecule has 0 bridgehead atoms. The van der Waals surface area contributed by atoms with Crippen molar-refractivity contribution in [1.29, 1.82) is 0 Å². The number of carbonyl (C=O) groups is 1. The maximum absolute atomic E-state index is 11.3. The Labute approximate surface area is 73.7 Å². The summed E-state index contributed by atoms with van der Waals surface area (Å²) in [6.45, 7) is -0.0424. The van der Waals surface area contributed by atoms with Crippen LogP contribution in [0.3, 0.4) is 0 Å². The van der Waals surface area contributed by atoms with E-state index in [1.54, 1.807) is 0 Å². The monoisotopic (exact) mass is 183 g/mol. The third kappa shape index (κ3) is 1.33. The second-order valence-corrected chi connectivity index (χ2v) is 2.71. The molecule has 0 spiro atoms. The van der Waals surface area contributed by atoms with Gasteiger partial charge in [0.25, 0.3) is 5.91 Å². The van der Waals surface area contributed by atoms with Crippen LogP contribution >= 0.6 is 0 Å². The molecule has 1 aromatic rings. The molecule has 70 valence electrons. The molecular formula is C6H9N5O2. The number of aliphatic hydroxyl groups is 1. The van der Waals surface area contributed by atoms with Crippen LogP contribution in [0.15, 0.2) is 6.33 Å². The first-order valence-corrected chi connectivity index (χ1v) is 3.89. The van der Waals surface area contributed by atoms with Crippen molar-refractivity contribution in [1.82, 2.24) is 14.9 Å². The van der Waals surface area contributed by atoms with Crippen LogP contribution in [0.2, 0.25) is 0 Å². The van der Waals surface area contributed by atoms with Gasteiger partial charge in [-0.2, -0.15) is 0 Å². The number of carbonyl (C=O) groups excluding carboxylic acids is 1. The molecule has 1 atom stereocenters. The summed E-state index contributed by atoms with van der Waals surface area (Å²) in [5, 5.41) is 18.9. The van der Waals surface area contributed by atoms with Crippen molar-refractivity contribution in [3.8, 4) is 0 Å². The molecule has 0 fully saturated rings. The van der Waals surface area contributed by atoms with Gasteiger partial charge in [0.15, 0.2) is 0 Å². The van der Waals surface area contributed by atoms with Crippen LogP contribution < -0.4 is 10.7 Å². The lowest BCUT2D eigenvalue weighted by atomic mass is 10.2. The number of fused-ring (bicyclic) bond motifs is 1. The van der Waals surface area contributed by atoms with E-state index in [1.165, 1.54) is 11.0 Å². The van der Waals surface area contributed by atoms with Gasteiger partial charge < -0.3 is 10.4 Å². The van der Waals surface area contributed by atoms with Crippen molar-refractivity contribution in [2.75, 3.05) is 17.3 Å². The van der Waals surface area contributed by atoms with Crippen LogP contribution in [0.1, 0.15) is 6.42 Å². The number of anilines is 1. The van der Waals surface area contributed by atoms with E-state index in [1.807, 2.05) is 0 Å². The number of rotatable bonds is 2. The molecule has 13 heavy (non-hydrogen) atoms. The summed E-state index contributed by atoms with van der Waals surface area (Å²) < 4.78 is 1.40. The van der Waals surface area contributed by atoms with Crippen LogP contribution in [-0.4, -0.2) is 38.5 Å². The van der Waals surface area contributed by atoms with E-state index in [4.69, 9.17) is 5.11 Å². The largest absolute Gasteiger partial charge is 0.396 e. The molecular weight excluding hydrogens is 174 g/mol. The number of aliphatic hydroxyl groups excluding tert-OH is 1. The molecule has 1 aliphatic heterocycles. The van der Waals surface area contributed by atoms with Gasteiger partial charge in [0.1, 0.15) is 12.4 Å². The summed E-state index contributed by atoms with van der Waals surface area (Å²) in [6.07, 6.45) is 1.76. The highest BCUT2D eigenvalue weighted by Crippen LogP contribution is 2.10. The minimum absolute atomic E-state index is 0.0424. The maximum atomic E-state index is 11.3. The minimum atomic E-state index is -0.429. The molecule has 3 N–H and O–H groups in total. The quantitative estimate of drug-likeness (QED) is 0.520. The van der Waals surface area contributed by atoms with Gasteiger partial charge in [-0.25, -0.2) is 4.68 Å². The number of nitrogens with one attached hydrogen (secondary N) is 2. The summed E-state index contributed by atoms with van der Waals surface area (Å²) in [5.41, 5.74) is 2.55. The number of nitrogens with zero attached hydrogens (tertiary/aromatic N) is 3. The fourth-order valence-electron chi connectivity index (χ4n) is 1.17. The van der Waals surface area contributed by atoms with Crippen LogP contribution in [0.5, 0.6) is 0 Å². The van der Waals surface area contributed by atoms with Crippen molar-refractivity contribution in [2.24, 2.45) is 0 Å². The van der Waals surface area contributed by atoms with Crippen molar-refractivity contribution >= 4 is 11.9 Å². The Morgan fingerprint density at radius 2 is 2.54 bits per heavy atom. The average molecular weight is 183 g/mol. The highest BCUT2D eigenvalue weighted by Gasteiger charge is 2.25. The van der Waals surface area contributed by atoms with E-state index in [0.29, 0.717) is 12.4 Å². The fraction of sp³-hybridized carbons (Fsp3) is 0.500. The molecule has 0 aromatic carbocycles. The SMILES string of the molecule is O=C1Nn2cnnc2NC1CCO. The maximum Gasteiger partial charge on any atom is 0.261 e. The number of hydrogen-bond donors (Lipinski definition) is 3. The lowest BCUT2D eigenvalue weighted by molar-refractivity contribution is -0.118. The molecule has 7 heteroatoms. The zero-order chi connectivity index (χ0) is 9.26. The molecule has 0 aliphatic carbocycles. The van der Waals surface area contributed by atoms with Crippen molar-refractivity contribution in [3.05, 3.63) is 6.33 Å². The lowest BCUT2D eigenvalue weighted by Gasteiger charge is -2.23. The van der Waals surface area contributed by atoms with Gasteiger partial charge in [-0.05, 0) is 6.42 Å². The normalized spacial score (nSPS) is 20.4. The molecule has 0 saturated carbocycles. The highest BCUT2D eigenvalue weighted by molar-refractivity contribution is 5.92. The molecule has 2 rings (SSSR count). The Morgan fingerprint density at radius 3 is 3.31 bits per heavy atom. The van der Waals surface area contributed by atoms with Gasteiger partial charge in [0.2, 0.25) is 5.95 Å². The summed E-state index contributed by atoms with van der Waals surface area (Å²) in [6, 6.07) is -0.429. The predicted octanol–water partition coefficient (Wildman–Crippen LogP) is -1.48. The van der Waals surface area contributed by atoms with Gasteiger partial charge in [-0.15, -0.1) is 10.2 Å². The summed E-state index contributed by atoms with van der Waals surface area (Å²) in [5.74, 6) is 0.291. The van der Waals surface area contributed by atoms with Gasteiger partial charge in [-0.3, -0.25) is 10.2 Å². The lowest BCUT2D eigenvalue weighted by Crippen LogP contribution is -2.44. The zero-order valence-corrected chi connectivity index (χ0v) is 6.77. The van der Waals surface area contributed by atoms with E-state index < -0.39 is 6.04 Å². The predicted molar refractivity (Wildman–Crippen MR) is 43.5 cm³/mol. The smallest absolute Gasteiger partial charge is 0.261 e. The molecule has 2 heterocycles.